The number of benzene rings is 8. The third-order valence-corrected chi connectivity index (χ3v) is 10.8. The summed E-state index contributed by atoms with van der Waals surface area (Å²) in [5, 5.41) is 5.57. The molecule has 240 valence electrons. The smallest absolute Gasteiger partial charge is 0.143 e. The van der Waals surface area contributed by atoms with E-state index in [4.69, 9.17) is 9.40 Å². The quantitative estimate of drug-likeness (QED) is 0.176. The molecular formula is C47H30N2OS. The van der Waals surface area contributed by atoms with Gasteiger partial charge in [-0.15, -0.1) is 11.3 Å². The standard InChI is InChI=1S/C47H30N2OS/c1-3-12-31(13-4-1)38-19-9-10-21-43(38)49(37-24-26-40-41-25-22-32-14-7-8-20-39(32)46(41)50-44(40)30-37)36-18-11-17-34(28-36)35-23-27-45-42(29-35)48-47(51-45)33-15-5-2-6-16-33/h1-30H. The van der Waals surface area contributed by atoms with Crippen LogP contribution in [0.2, 0.25) is 0 Å². The molecule has 0 N–H and O–H groups in total. The van der Waals surface area contributed by atoms with E-state index in [1.54, 1.807) is 11.3 Å². The van der Waals surface area contributed by atoms with Gasteiger partial charge in [0.15, 0.2) is 0 Å². The van der Waals surface area contributed by atoms with Gasteiger partial charge in [-0.2, -0.15) is 0 Å². The highest BCUT2D eigenvalue weighted by Gasteiger charge is 2.20. The van der Waals surface area contributed by atoms with Gasteiger partial charge < -0.3 is 9.32 Å². The summed E-state index contributed by atoms with van der Waals surface area (Å²) in [6.07, 6.45) is 0. The predicted octanol–water partition coefficient (Wildman–Crippen LogP) is 13.8. The molecule has 0 unspecified atom stereocenters. The Labute approximate surface area is 299 Å². The summed E-state index contributed by atoms with van der Waals surface area (Å²) in [6.45, 7) is 0. The maximum Gasteiger partial charge on any atom is 0.143 e. The Bertz CT molecular complexity index is 2870. The predicted molar refractivity (Wildman–Crippen MR) is 215 cm³/mol. The van der Waals surface area contributed by atoms with Crippen LogP contribution in [-0.2, 0) is 0 Å². The van der Waals surface area contributed by atoms with Crippen LogP contribution >= 0.6 is 11.3 Å². The fraction of sp³-hybridized carbons (Fsp3) is 0. The Balaban J connectivity index is 1.14. The van der Waals surface area contributed by atoms with Crippen molar-refractivity contribution in [3.8, 4) is 32.8 Å². The molecule has 3 nitrogen and oxygen atoms in total. The molecular weight excluding hydrogens is 641 g/mol. The normalized spacial score (nSPS) is 11.5. The van der Waals surface area contributed by atoms with E-state index in [-0.39, 0.29) is 0 Å². The lowest BCUT2D eigenvalue weighted by atomic mass is 10.0. The van der Waals surface area contributed by atoms with Crippen LogP contribution in [0.4, 0.5) is 17.1 Å². The molecule has 0 radical (unpaired) electrons. The first-order valence-corrected chi connectivity index (χ1v) is 17.9. The van der Waals surface area contributed by atoms with E-state index in [1.165, 1.54) is 10.1 Å². The fourth-order valence-electron chi connectivity index (χ4n) is 7.23. The molecule has 10 rings (SSSR count). The van der Waals surface area contributed by atoms with Crippen molar-refractivity contribution in [2.75, 3.05) is 4.90 Å². The van der Waals surface area contributed by atoms with Crippen molar-refractivity contribution in [1.29, 1.82) is 0 Å². The second kappa shape index (κ2) is 12.1. The molecule has 2 aromatic heterocycles. The number of para-hydroxylation sites is 1. The molecule has 0 fully saturated rings. The Morgan fingerprint density at radius 2 is 1.18 bits per heavy atom. The lowest BCUT2D eigenvalue weighted by Crippen LogP contribution is -2.11. The third kappa shape index (κ3) is 5.16. The number of rotatable bonds is 6. The van der Waals surface area contributed by atoms with Gasteiger partial charge in [-0.1, -0.05) is 127 Å². The molecule has 0 aliphatic heterocycles. The zero-order valence-electron chi connectivity index (χ0n) is 27.5. The zero-order valence-corrected chi connectivity index (χ0v) is 28.3. The van der Waals surface area contributed by atoms with Crippen molar-refractivity contribution in [1.82, 2.24) is 4.98 Å². The van der Waals surface area contributed by atoms with Gasteiger partial charge in [0.25, 0.3) is 0 Å². The van der Waals surface area contributed by atoms with Crippen molar-refractivity contribution in [2.24, 2.45) is 0 Å². The first-order chi connectivity index (χ1) is 25.3. The van der Waals surface area contributed by atoms with Crippen molar-refractivity contribution >= 4 is 71.3 Å². The van der Waals surface area contributed by atoms with E-state index in [2.05, 4.69) is 181 Å². The number of furan rings is 1. The minimum Gasteiger partial charge on any atom is -0.455 e. The number of anilines is 3. The largest absolute Gasteiger partial charge is 0.455 e. The Morgan fingerprint density at radius 1 is 0.471 bits per heavy atom. The highest BCUT2D eigenvalue weighted by atomic mass is 32.1. The summed E-state index contributed by atoms with van der Waals surface area (Å²) >= 11 is 1.73. The van der Waals surface area contributed by atoms with Crippen LogP contribution in [0.3, 0.4) is 0 Å². The van der Waals surface area contributed by atoms with Crippen LogP contribution in [0, 0.1) is 0 Å². The van der Waals surface area contributed by atoms with E-state index < -0.39 is 0 Å². The van der Waals surface area contributed by atoms with Gasteiger partial charge in [0.2, 0.25) is 0 Å². The summed E-state index contributed by atoms with van der Waals surface area (Å²) < 4.78 is 7.86. The summed E-state index contributed by atoms with van der Waals surface area (Å²) in [7, 11) is 0. The van der Waals surface area contributed by atoms with Crippen molar-refractivity contribution in [3.05, 3.63) is 182 Å². The average molecular weight is 671 g/mol. The van der Waals surface area contributed by atoms with Crippen LogP contribution in [-0.4, -0.2) is 4.98 Å². The monoisotopic (exact) mass is 670 g/mol. The minimum atomic E-state index is 0.861. The number of nitrogens with zero attached hydrogens (tertiary/aromatic N) is 2. The third-order valence-electron chi connectivity index (χ3n) is 9.68. The van der Waals surface area contributed by atoms with Gasteiger partial charge in [-0.3, -0.25) is 0 Å². The Kier molecular flexibility index (Phi) is 7.00. The molecule has 0 atom stereocenters. The van der Waals surface area contributed by atoms with Gasteiger partial charge in [0.1, 0.15) is 16.2 Å². The maximum absolute atomic E-state index is 6.68. The van der Waals surface area contributed by atoms with Gasteiger partial charge in [-0.25, -0.2) is 4.98 Å². The number of aromatic nitrogens is 1. The van der Waals surface area contributed by atoms with Crippen molar-refractivity contribution in [3.63, 3.8) is 0 Å². The molecule has 0 aliphatic rings. The summed E-state index contributed by atoms with van der Waals surface area (Å²) in [6, 6.07) is 64.5. The SMILES string of the molecule is c1ccc(-c2nc3cc(-c4cccc(N(c5ccc6c(c5)oc5c7ccccc7ccc65)c5ccccc5-c5ccccc5)c4)ccc3s2)cc1. The first kappa shape index (κ1) is 29.4. The lowest BCUT2D eigenvalue weighted by Gasteiger charge is -2.28. The topological polar surface area (TPSA) is 29.3 Å². The molecule has 8 aromatic carbocycles. The van der Waals surface area contributed by atoms with Gasteiger partial charge in [-0.05, 0) is 70.6 Å². The second-order valence-corrected chi connectivity index (χ2v) is 13.8. The fourth-order valence-corrected chi connectivity index (χ4v) is 8.18. The number of hydrogen-bond donors (Lipinski definition) is 0. The Hall–Kier alpha value is -6.49. The van der Waals surface area contributed by atoms with Crippen LogP contribution < -0.4 is 4.90 Å². The molecule has 0 bridgehead atoms. The average Bonchev–Trinajstić information content (AvgIpc) is 3.81. The van der Waals surface area contributed by atoms with Gasteiger partial charge in [0, 0.05) is 44.7 Å². The highest BCUT2D eigenvalue weighted by Crippen LogP contribution is 2.44. The molecule has 51 heavy (non-hydrogen) atoms. The molecule has 0 saturated carbocycles. The number of hydrogen-bond acceptors (Lipinski definition) is 4. The number of fused-ring (bicyclic) bond motifs is 6. The van der Waals surface area contributed by atoms with Crippen LogP contribution in [0.15, 0.2) is 186 Å². The molecule has 0 aliphatic carbocycles. The van der Waals surface area contributed by atoms with E-state index in [9.17, 15) is 0 Å². The van der Waals surface area contributed by atoms with E-state index in [0.29, 0.717) is 0 Å². The van der Waals surface area contributed by atoms with E-state index >= 15 is 0 Å². The maximum atomic E-state index is 6.68. The van der Waals surface area contributed by atoms with Gasteiger partial charge in [0.05, 0.1) is 15.9 Å². The summed E-state index contributed by atoms with van der Waals surface area (Å²) in [4.78, 5) is 7.38. The van der Waals surface area contributed by atoms with Crippen LogP contribution in [0.1, 0.15) is 0 Å². The summed E-state index contributed by atoms with van der Waals surface area (Å²) in [5.74, 6) is 0. The van der Waals surface area contributed by atoms with E-state index in [0.717, 1.165) is 82.7 Å². The van der Waals surface area contributed by atoms with Crippen LogP contribution in [0.25, 0.3) is 75.8 Å². The lowest BCUT2D eigenvalue weighted by molar-refractivity contribution is 0.672. The van der Waals surface area contributed by atoms with E-state index in [1.807, 2.05) is 6.07 Å². The second-order valence-electron chi connectivity index (χ2n) is 12.8. The Morgan fingerprint density at radius 3 is 2.06 bits per heavy atom. The highest BCUT2D eigenvalue weighted by molar-refractivity contribution is 7.21. The molecule has 10 aromatic rings. The zero-order chi connectivity index (χ0) is 33.7. The molecule has 0 saturated heterocycles. The van der Waals surface area contributed by atoms with Crippen LogP contribution in [0.5, 0.6) is 0 Å². The molecule has 0 amide bonds. The minimum absolute atomic E-state index is 0.861. The first-order valence-electron chi connectivity index (χ1n) is 17.1. The summed E-state index contributed by atoms with van der Waals surface area (Å²) in [5.41, 5.74) is 11.7. The van der Waals surface area contributed by atoms with Gasteiger partial charge >= 0.3 is 0 Å². The van der Waals surface area contributed by atoms with Crippen molar-refractivity contribution in [2.45, 2.75) is 0 Å². The molecule has 0 spiro atoms. The van der Waals surface area contributed by atoms with Crippen molar-refractivity contribution < 1.29 is 4.42 Å². The molecule has 2 heterocycles. The molecule has 4 heteroatoms. The number of thiazole rings is 1.